The molecule has 234 valence electrons. The van der Waals surface area contributed by atoms with E-state index in [2.05, 4.69) is 22.8 Å². The fourth-order valence-corrected chi connectivity index (χ4v) is 7.17. The standard InChI is InChI=1S/C33H29ClF3N3O4S/c34-29-13-12-25(20-30(29)45(43,44)40-16-14-23(15-17-40)18-22-6-2-1-3-7-22)32(42)38-27-10-4-8-24(19-27)31(41)39-28-11-5-9-26(21-28)33(35,36)37/h1-13,19-21,23H,14-18H2,(H,38,42)(H,39,41). The van der Waals surface area contributed by atoms with Crippen molar-refractivity contribution in [2.75, 3.05) is 23.7 Å². The van der Waals surface area contributed by atoms with Gasteiger partial charge in [0.2, 0.25) is 10.0 Å². The first-order chi connectivity index (χ1) is 21.4. The van der Waals surface area contributed by atoms with Gasteiger partial charge in [-0.1, -0.05) is 54.1 Å². The molecule has 4 aromatic rings. The Hall–Kier alpha value is -4.19. The van der Waals surface area contributed by atoms with Gasteiger partial charge in [-0.15, -0.1) is 0 Å². The molecule has 0 saturated carbocycles. The summed E-state index contributed by atoms with van der Waals surface area (Å²) >= 11 is 6.31. The second kappa shape index (κ2) is 13.4. The molecule has 0 radical (unpaired) electrons. The van der Waals surface area contributed by atoms with Crippen LogP contribution in [0.2, 0.25) is 5.02 Å². The Balaban J connectivity index is 1.25. The maximum atomic E-state index is 13.6. The summed E-state index contributed by atoms with van der Waals surface area (Å²) in [7, 11) is -3.98. The lowest BCUT2D eigenvalue weighted by Crippen LogP contribution is -2.39. The van der Waals surface area contributed by atoms with Gasteiger partial charge in [0.25, 0.3) is 11.8 Å². The number of alkyl halides is 3. The lowest BCUT2D eigenvalue weighted by Gasteiger charge is -2.31. The van der Waals surface area contributed by atoms with Crippen LogP contribution in [0.3, 0.4) is 0 Å². The Labute approximate surface area is 264 Å². The highest BCUT2D eigenvalue weighted by Gasteiger charge is 2.32. The Morgan fingerprint density at radius 3 is 2.02 bits per heavy atom. The van der Waals surface area contributed by atoms with Crippen LogP contribution in [0.25, 0.3) is 0 Å². The molecule has 1 aliphatic heterocycles. The average molecular weight is 656 g/mol. The molecule has 0 aromatic heterocycles. The van der Waals surface area contributed by atoms with Gasteiger partial charge < -0.3 is 10.6 Å². The van der Waals surface area contributed by atoms with E-state index in [4.69, 9.17) is 11.6 Å². The summed E-state index contributed by atoms with van der Waals surface area (Å²) in [6.07, 6.45) is -2.29. The number of hydrogen-bond acceptors (Lipinski definition) is 4. The van der Waals surface area contributed by atoms with Crippen molar-refractivity contribution in [3.63, 3.8) is 0 Å². The van der Waals surface area contributed by atoms with Crippen LogP contribution in [-0.2, 0) is 22.6 Å². The van der Waals surface area contributed by atoms with Crippen LogP contribution < -0.4 is 10.6 Å². The van der Waals surface area contributed by atoms with E-state index in [1.165, 1.54) is 64.5 Å². The Bertz CT molecular complexity index is 1810. The fraction of sp³-hybridized carbons (Fsp3) is 0.212. The number of benzene rings is 4. The molecular formula is C33H29ClF3N3O4S. The first-order valence-electron chi connectivity index (χ1n) is 14.1. The number of nitrogens with zero attached hydrogens (tertiary/aromatic N) is 1. The number of amides is 2. The molecule has 12 heteroatoms. The number of halogens is 4. The monoisotopic (exact) mass is 655 g/mol. The SMILES string of the molecule is O=C(Nc1cccc(C(F)(F)F)c1)c1cccc(NC(=O)c2ccc(Cl)c(S(=O)(=O)N3CCC(Cc4ccccc4)CC3)c2)c1. The third-order valence-electron chi connectivity index (χ3n) is 7.58. The third kappa shape index (κ3) is 7.91. The van der Waals surface area contributed by atoms with E-state index in [1.807, 2.05) is 18.2 Å². The van der Waals surface area contributed by atoms with Crippen molar-refractivity contribution in [1.82, 2.24) is 4.31 Å². The maximum Gasteiger partial charge on any atom is 0.416 e. The largest absolute Gasteiger partial charge is 0.416 e. The molecular weight excluding hydrogens is 627 g/mol. The Morgan fingerprint density at radius 1 is 0.778 bits per heavy atom. The van der Waals surface area contributed by atoms with E-state index >= 15 is 0 Å². The first kappa shape index (κ1) is 32.2. The normalized spacial score (nSPS) is 14.6. The minimum Gasteiger partial charge on any atom is -0.322 e. The summed E-state index contributed by atoms with van der Waals surface area (Å²) in [6.45, 7) is 0.671. The quantitative estimate of drug-likeness (QED) is 0.205. The Kier molecular flexibility index (Phi) is 9.62. The molecule has 1 aliphatic rings. The van der Waals surface area contributed by atoms with Gasteiger partial charge in [-0.05, 0) is 85.3 Å². The van der Waals surface area contributed by atoms with Crippen LogP contribution in [0.15, 0.2) is 102 Å². The molecule has 4 aromatic carbocycles. The van der Waals surface area contributed by atoms with E-state index in [9.17, 15) is 31.2 Å². The van der Waals surface area contributed by atoms with Crippen molar-refractivity contribution in [2.45, 2.75) is 30.3 Å². The zero-order valence-corrected chi connectivity index (χ0v) is 25.4. The summed E-state index contributed by atoms with van der Waals surface area (Å²) < 4.78 is 67.6. The van der Waals surface area contributed by atoms with Gasteiger partial charge in [-0.3, -0.25) is 9.59 Å². The predicted molar refractivity (Wildman–Crippen MR) is 167 cm³/mol. The molecule has 5 rings (SSSR count). The smallest absolute Gasteiger partial charge is 0.322 e. The number of anilines is 2. The van der Waals surface area contributed by atoms with Gasteiger partial charge in [0.1, 0.15) is 4.90 Å². The minimum absolute atomic E-state index is 0.00813. The van der Waals surface area contributed by atoms with Gasteiger partial charge >= 0.3 is 6.18 Å². The molecule has 0 atom stereocenters. The van der Waals surface area contributed by atoms with Crippen LogP contribution in [-0.4, -0.2) is 37.6 Å². The lowest BCUT2D eigenvalue weighted by atomic mass is 9.91. The molecule has 7 nitrogen and oxygen atoms in total. The molecule has 2 amide bonds. The molecule has 0 bridgehead atoms. The van der Waals surface area contributed by atoms with Crippen molar-refractivity contribution in [3.05, 3.63) is 124 Å². The van der Waals surface area contributed by atoms with Crippen molar-refractivity contribution in [1.29, 1.82) is 0 Å². The first-order valence-corrected chi connectivity index (χ1v) is 16.0. The summed E-state index contributed by atoms with van der Waals surface area (Å²) in [4.78, 5) is 25.7. The number of nitrogens with one attached hydrogen (secondary N) is 2. The van der Waals surface area contributed by atoms with Gasteiger partial charge in [-0.25, -0.2) is 8.42 Å². The molecule has 0 spiro atoms. The summed E-state index contributed by atoms with van der Waals surface area (Å²) in [5, 5.41) is 5.05. The Morgan fingerprint density at radius 2 is 1.38 bits per heavy atom. The number of rotatable bonds is 8. The van der Waals surface area contributed by atoms with Crippen LogP contribution >= 0.6 is 11.6 Å². The average Bonchev–Trinajstić information content (AvgIpc) is 3.02. The van der Waals surface area contributed by atoms with Crippen LogP contribution in [0.1, 0.15) is 44.7 Å². The van der Waals surface area contributed by atoms with E-state index in [0.29, 0.717) is 31.8 Å². The highest BCUT2D eigenvalue weighted by atomic mass is 35.5. The number of carbonyl (C=O) groups is 2. The predicted octanol–water partition coefficient (Wildman–Crippen LogP) is 7.51. The number of hydrogen-bond donors (Lipinski definition) is 2. The van der Waals surface area contributed by atoms with E-state index in [1.54, 1.807) is 0 Å². The zero-order valence-electron chi connectivity index (χ0n) is 23.9. The lowest BCUT2D eigenvalue weighted by molar-refractivity contribution is -0.137. The molecule has 0 unspecified atom stereocenters. The number of sulfonamides is 1. The second-order valence-electron chi connectivity index (χ2n) is 10.8. The summed E-state index contributed by atoms with van der Waals surface area (Å²) in [6, 6.07) is 24.1. The molecule has 1 heterocycles. The van der Waals surface area contributed by atoms with Crippen molar-refractivity contribution < 1.29 is 31.2 Å². The maximum absolute atomic E-state index is 13.6. The highest BCUT2D eigenvalue weighted by Crippen LogP contribution is 2.32. The van der Waals surface area contributed by atoms with Crippen molar-refractivity contribution in [2.24, 2.45) is 5.92 Å². The van der Waals surface area contributed by atoms with Gasteiger partial charge in [0, 0.05) is 35.6 Å². The molecule has 1 saturated heterocycles. The summed E-state index contributed by atoms with van der Waals surface area (Å²) in [5.74, 6) is -0.965. The van der Waals surface area contributed by atoms with E-state index in [0.717, 1.165) is 18.6 Å². The van der Waals surface area contributed by atoms with Crippen LogP contribution in [0.4, 0.5) is 24.5 Å². The van der Waals surface area contributed by atoms with Crippen LogP contribution in [0.5, 0.6) is 0 Å². The fourth-order valence-electron chi connectivity index (χ4n) is 5.20. The number of piperidine rings is 1. The molecule has 1 fully saturated rings. The van der Waals surface area contributed by atoms with Crippen molar-refractivity contribution >= 4 is 44.8 Å². The topological polar surface area (TPSA) is 95.6 Å². The second-order valence-corrected chi connectivity index (χ2v) is 13.1. The molecule has 0 aliphatic carbocycles. The van der Waals surface area contributed by atoms with Crippen molar-refractivity contribution in [3.8, 4) is 0 Å². The van der Waals surface area contributed by atoms with E-state index < -0.39 is 33.6 Å². The van der Waals surface area contributed by atoms with Gasteiger partial charge in [0.05, 0.1) is 10.6 Å². The minimum atomic E-state index is -4.56. The van der Waals surface area contributed by atoms with Gasteiger partial charge in [-0.2, -0.15) is 17.5 Å². The van der Waals surface area contributed by atoms with Gasteiger partial charge in [0.15, 0.2) is 0 Å². The zero-order chi connectivity index (χ0) is 32.2. The number of carbonyl (C=O) groups excluding carboxylic acids is 2. The highest BCUT2D eigenvalue weighted by molar-refractivity contribution is 7.89. The van der Waals surface area contributed by atoms with E-state index in [-0.39, 0.29) is 32.4 Å². The molecule has 45 heavy (non-hydrogen) atoms. The third-order valence-corrected chi connectivity index (χ3v) is 9.96. The molecule has 2 N–H and O–H groups in total. The summed E-state index contributed by atoms with van der Waals surface area (Å²) in [5.41, 5.74) is 0.604. The van der Waals surface area contributed by atoms with Crippen LogP contribution in [0, 0.1) is 5.92 Å².